The van der Waals surface area contributed by atoms with Gasteiger partial charge in [0.1, 0.15) is 5.75 Å². The number of nitrogens with one attached hydrogen (secondary N) is 3. The lowest BCUT2D eigenvalue weighted by molar-refractivity contribution is 0.474. The summed E-state index contributed by atoms with van der Waals surface area (Å²) in [7, 11) is 0. The molecule has 5 rings (SSSR count). The minimum atomic E-state index is -0.323. The molecular formula is C22H17N5O. The van der Waals surface area contributed by atoms with Crippen LogP contribution in [0.3, 0.4) is 0 Å². The van der Waals surface area contributed by atoms with Crippen molar-refractivity contribution in [2.45, 2.75) is 12.8 Å². The number of rotatable bonds is 2. The number of allylic oxidation sites excluding steroid dienone is 1. The van der Waals surface area contributed by atoms with E-state index < -0.39 is 0 Å². The lowest BCUT2D eigenvalue weighted by Crippen LogP contribution is -2.17. The van der Waals surface area contributed by atoms with Gasteiger partial charge in [0, 0.05) is 33.9 Å². The van der Waals surface area contributed by atoms with Gasteiger partial charge in [-0.15, -0.1) is 0 Å². The topological polar surface area (TPSA) is 101 Å². The van der Waals surface area contributed by atoms with Crippen LogP contribution in [0.15, 0.2) is 60.3 Å². The predicted molar refractivity (Wildman–Crippen MR) is 108 cm³/mol. The Morgan fingerprint density at radius 2 is 2.00 bits per heavy atom. The number of aromatic amines is 2. The zero-order chi connectivity index (χ0) is 19.3. The van der Waals surface area contributed by atoms with Crippen LogP contribution >= 0.6 is 0 Å². The lowest BCUT2D eigenvalue weighted by Gasteiger charge is -2.26. The molecule has 1 unspecified atom stereocenters. The first-order chi connectivity index (χ1) is 13.7. The standard InChI is InChI=1S/C22H17N5O/c1-12-19-20(13-5-4-6-14(28)9-13)16(10-23)21(25-22(19)27-26-12)17-11-24-18-8-3-2-7-15(17)18/h2-9,11,20,24,28H,1H3,(H2,25,26,27). The normalized spacial score (nSPS) is 15.9. The van der Waals surface area contributed by atoms with Crippen LogP contribution < -0.4 is 5.32 Å². The number of benzene rings is 2. The maximum Gasteiger partial charge on any atom is 0.156 e. The summed E-state index contributed by atoms with van der Waals surface area (Å²) in [6.45, 7) is 1.94. The third-order valence-corrected chi connectivity index (χ3v) is 5.27. The third kappa shape index (κ3) is 2.30. The number of para-hydroxylation sites is 1. The van der Waals surface area contributed by atoms with Crippen molar-refractivity contribution in [1.29, 1.82) is 5.26 Å². The monoisotopic (exact) mass is 367 g/mol. The molecule has 6 heteroatoms. The van der Waals surface area contributed by atoms with Gasteiger partial charge < -0.3 is 15.4 Å². The number of aromatic nitrogens is 3. The Bertz CT molecular complexity index is 1290. The minimum absolute atomic E-state index is 0.171. The second kappa shape index (κ2) is 6.03. The molecule has 0 saturated carbocycles. The van der Waals surface area contributed by atoms with Gasteiger partial charge in [-0.05, 0) is 30.7 Å². The Morgan fingerprint density at radius 3 is 2.82 bits per heavy atom. The molecule has 136 valence electrons. The van der Waals surface area contributed by atoms with E-state index in [1.165, 1.54) is 0 Å². The van der Waals surface area contributed by atoms with Crippen LogP contribution in [0.5, 0.6) is 5.75 Å². The summed E-state index contributed by atoms with van der Waals surface area (Å²) >= 11 is 0. The van der Waals surface area contributed by atoms with Crippen molar-refractivity contribution in [2.24, 2.45) is 0 Å². The quantitative estimate of drug-likeness (QED) is 0.422. The molecule has 3 heterocycles. The molecule has 1 aliphatic rings. The number of nitrogens with zero attached hydrogens (tertiary/aromatic N) is 2. The highest BCUT2D eigenvalue weighted by Gasteiger charge is 2.34. The molecule has 0 fully saturated rings. The second-order valence-electron chi connectivity index (χ2n) is 6.91. The average Bonchev–Trinajstić information content (AvgIpc) is 3.30. The van der Waals surface area contributed by atoms with Gasteiger partial charge in [0.25, 0.3) is 0 Å². The molecule has 0 spiro atoms. The van der Waals surface area contributed by atoms with E-state index in [2.05, 4.69) is 26.6 Å². The summed E-state index contributed by atoms with van der Waals surface area (Å²) in [5.74, 6) is 0.547. The summed E-state index contributed by atoms with van der Waals surface area (Å²) < 4.78 is 0. The largest absolute Gasteiger partial charge is 0.508 e. The molecular weight excluding hydrogens is 350 g/mol. The van der Waals surface area contributed by atoms with Gasteiger partial charge in [0.15, 0.2) is 5.82 Å². The number of H-pyrrole nitrogens is 2. The zero-order valence-electron chi connectivity index (χ0n) is 15.1. The molecule has 28 heavy (non-hydrogen) atoms. The van der Waals surface area contributed by atoms with Gasteiger partial charge in [-0.25, -0.2) is 0 Å². The van der Waals surface area contributed by atoms with Gasteiger partial charge in [0.05, 0.1) is 23.3 Å². The van der Waals surface area contributed by atoms with Gasteiger partial charge in [0.2, 0.25) is 0 Å². The van der Waals surface area contributed by atoms with E-state index in [9.17, 15) is 10.4 Å². The Kier molecular flexibility index (Phi) is 3.49. The van der Waals surface area contributed by atoms with Crippen molar-refractivity contribution in [2.75, 3.05) is 5.32 Å². The minimum Gasteiger partial charge on any atom is -0.508 e. The summed E-state index contributed by atoms with van der Waals surface area (Å²) in [4.78, 5) is 3.27. The maximum atomic E-state index is 10.1. The van der Waals surface area contributed by atoms with E-state index in [4.69, 9.17) is 0 Å². The number of aromatic hydroxyl groups is 1. The third-order valence-electron chi connectivity index (χ3n) is 5.27. The predicted octanol–water partition coefficient (Wildman–Crippen LogP) is 4.40. The second-order valence-corrected chi connectivity index (χ2v) is 6.91. The lowest BCUT2D eigenvalue weighted by atomic mass is 9.81. The number of hydrogen-bond acceptors (Lipinski definition) is 4. The smallest absolute Gasteiger partial charge is 0.156 e. The van der Waals surface area contributed by atoms with Crippen molar-refractivity contribution in [1.82, 2.24) is 15.2 Å². The first kappa shape index (κ1) is 16.2. The first-order valence-electron chi connectivity index (χ1n) is 8.99. The molecule has 0 radical (unpaired) electrons. The van der Waals surface area contributed by atoms with E-state index in [1.54, 1.807) is 18.2 Å². The van der Waals surface area contributed by atoms with Crippen LogP contribution in [0.1, 0.15) is 28.3 Å². The summed E-state index contributed by atoms with van der Waals surface area (Å²) in [5, 5.41) is 32.0. The van der Waals surface area contributed by atoms with Crippen molar-refractivity contribution >= 4 is 22.4 Å². The first-order valence-corrected chi connectivity index (χ1v) is 8.99. The van der Waals surface area contributed by atoms with E-state index in [-0.39, 0.29) is 11.7 Å². The Hall–Kier alpha value is -3.98. The van der Waals surface area contributed by atoms with E-state index in [0.29, 0.717) is 11.4 Å². The molecule has 6 nitrogen and oxygen atoms in total. The van der Waals surface area contributed by atoms with Gasteiger partial charge in [-0.1, -0.05) is 30.3 Å². The molecule has 1 atom stereocenters. The number of phenols is 1. The molecule has 0 bridgehead atoms. The highest BCUT2D eigenvalue weighted by molar-refractivity contribution is 5.98. The van der Waals surface area contributed by atoms with Crippen LogP contribution in [-0.4, -0.2) is 20.3 Å². The highest BCUT2D eigenvalue weighted by atomic mass is 16.3. The molecule has 0 saturated heterocycles. The summed E-state index contributed by atoms with van der Waals surface area (Å²) in [5.41, 5.74) is 5.90. The number of aryl methyl sites for hydroxylation is 1. The van der Waals surface area contributed by atoms with E-state index in [1.807, 2.05) is 43.5 Å². The van der Waals surface area contributed by atoms with Gasteiger partial charge >= 0.3 is 0 Å². The molecule has 1 aliphatic heterocycles. The Labute approximate surface area is 161 Å². The van der Waals surface area contributed by atoms with Crippen molar-refractivity contribution in [3.8, 4) is 11.8 Å². The van der Waals surface area contributed by atoms with Crippen molar-refractivity contribution in [3.63, 3.8) is 0 Å². The molecule has 0 amide bonds. The molecule has 0 aliphatic carbocycles. The van der Waals surface area contributed by atoms with Crippen LogP contribution in [0, 0.1) is 18.3 Å². The molecule has 4 N–H and O–H groups in total. The van der Waals surface area contributed by atoms with Crippen LogP contribution in [0.25, 0.3) is 16.6 Å². The number of anilines is 1. The maximum absolute atomic E-state index is 10.1. The van der Waals surface area contributed by atoms with Crippen LogP contribution in [0.2, 0.25) is 0 Å². The van der Waals surface area contributed by atoms with Crippen molar-refractivity contribution < 1.29 is 5.11 Å². The summed E-state index contributed by atoms with van der Waals surface area (Å²) in [6, 6.07) is 17.5. The zero-order valence-corrected chi connectivity index (χ0v) is 15.1. The highest BCUT2D eigenvalue weighted by Crippen LogP contribution is 2.45. The number of hydrogen-bond donors (Lipinski definition) is 4. The van der Waals surface area contributed by atoms with Crippen LogP contribution in [0.4, 0.5) is 5.82 Å². The van der Waals surface area contributed by atoms with Gasteiger partial charge in [-0.3, -0.25) is 5.10 Å². The van der Waals surface area contributed by atoms with Crippen LogP contribution in [-0.2, 0) is 0 Å². The van der Waals surface area contributed by atoms with E-state index >= 15 is 0 Å². The molecule has 2 aromatic carbocycles. The SMILES string of the molecule is Cc1[nH]nc2c1C(c1cccc(O)c1)C(C#N)=C(c1c[nH]c3ccccc13)N2. The number of fused-ring (bicyclic) bond motifs is 2. The number of phenolic OH excluding ortho intramolecular Hbond substituents is 1. The molecule has 2 aromatic heterocycles. The fourth-order valence-electron chi connectivity index (χ4n) is 4.01. The van der Waals surface area contributed by atoms with Crippen molar-refractivity contribution in [3.05, 3.63) is 82.7 Å². The average molecular weight is 367 g/mol. The number of nitriles is 1. The van der Waals surface area contributed by atoms with E-state index in [0.717, 1.165) is 39.0 Å². The molecule has 4 aromatic rings. The fraction of sp³-hybridized carbons (Fsp3) is 0.0909. The fourth-order valence-corrected chi connectivity index (χ4v) is 4.01. The Morgan fingerprint density at radius 1 is 1.14 bits per heavy atom. The summed E-state index contributed by atoms with van der Waals surface area (Å²) in [6.07, 6.45) is 1.91. The van der Waals surface area contributed by atoms with Gasteiger partial charge in [-0.2, -0.15) is 10.4 Å². The Balaban J connectivity index is 1.80.